The van der Waals surface area contributed by atoms with E-state index in [4.69, 9.17) is 19.7 Å². The van der Waals surface area contributed by atoms with E-state index in [0.29, 0.717) is 0 Å². The number of hydrogen-bond acceptors (Lipinski definition) is 8. The first-order valence-corrected chi connectivity index (χ1v) is 5.60. The number of esters is 1. The van der Waals surface area contributed by atoms with E-state index in [0.717, 1.165) is 0 Å². The molecule has 0 aromatic rings. The molecule has 0 bridgehead atoms. The Balaban J connectivity index is 2.86. The van der Waals surface area contributed by atoms with Crippen molar-refractivity contribution < 1.29 is 39.5 Å². The molecule has 9 heteroatoms. The topological polar surface area (TPSA) is 146 Å². The fourth-order valence-electron chi connectivity index (χ4n) is 1.74. The van der Waals surface area contributed by atoms with E-state index in [9.17, 15) is 19.8 Å². The van der Waals surface area contributed by atoms with Gasteiger partial charge in [-0.25, -0.2) is 4.79 Å². The zero-order valence-electron chi connectivity index (χ0n) is 10.2. The van der Waals surface area contributed by atoms with Crippen molar-refractivity contribution in [2.24, 2.45) is 0 Å². The smallest absolute Gasteiger partial charge is 0.334 e. The largest absolute Gasteiger partial charge is 0.432 e. The maximum Gasteiger partial charge on any atom is 0.334 e. The molecule has 9 nitrogen and oxygen atoms in total. The van der Waals surface area contributed by atoms with E-state index in [2.05, 4.69) is 5.32 Å². The third kappa shape index (κ3) is 3.85. The first-order valence-electron chi connectivity index (χ1n) is 5.60. The van der Waals surface area contributed by atoms with Gasteiger partial charge >= 0.3 is 5.97 Å². The molecule has 0 aromatic carbocycles. The highest BCUT2D eigenvalue weighted by Crippen LogP contribution is 2.22. The van der Waals surface area contributed by atoms with Gasteiger partial charge in [-0.1, -0.05) is 0 Å². The summed E-state index contributed by atoms with van der Waals surface area (Å²) >= 11 is 0. The monoisotopic (exact) mass is 279 g/mol. The molecule has 5 atom stereocenters. The molecule has 110 valence electrons. The second-order valence-electron chi connectivity index (χ2n) is 4.08. The maximum atomic E-state index is 11.0. The minimum Gasteiger partial charge on any atom is -0.432 e. The summed E-state index contributed by atoms with van der Waals surface area (Å²) in [4.78, 5) is 22.0. The zero-order chi connectivity index (χ0) is 14.6. The first kappa shape index (κ1) is 15.8. The van der Waals surface area contributed by atoms with Crippen LogP contribution in [0.1, 0.15) is 6.92 Å². The van der Waals surface area contributed by atoms with E-state index in [1.807, 2.05) is 0 Å². The molecule has 0 radical (unpaired) electrons. The number of hydrogen-bond donors (Lipinski definition) is 5. The summed E-state index contributed by atoms with van der Waals surface area (Å²) in [6.07, 6.45) is -5.53. The summed E-state index contributed by atoms with van der Waals surface area (Å²) in [6.45, 7) is -0.352. The predicted octanol–water partition coefficient (Wildman–Crippen LogP) is -3.53. The molecular weight excluding hydrogens is 262 g/mol. The van der Waals surface area contributed by atoms with Gasteiger partial charge in [0, 0.05) is 6.92 Å². The van der Waals surface area contributed by atoms with Crippen molar-refractivity contribution in [2.45, 2.75) is 37.6 Å². The van der Waals surface area contributed by atoms with Crippen molar-refractivity contribution in [1.29, 1.82) is 0 Å². The molecular formula is C10H17NO8. The van der Waals surface area contributed by atoms with Gasteiger partial charge in [0.1, 0.15) is 31.0 Å². The van der Waals surface area contributed by atoms with Crippen LogP contribution in [0.25, 0.3) is 0 Å². The predicted molar refractivity (Wildman–Crippen MR) is 58.5 cm³/mol. The molecule has 1 fully saturated rings. The molecule has 0 saturated carbocycles. The SMILES string of the molecule is CC(=O)N[C@H]1C(OC(=O)CO)O[C@H](CO)[C@@H](O)[C@@H]1O. The molecule has 0 aromatic heterocycles. The van der Waals surface area contributed by atoms with Crippen LogP contribution in [0.5, 0.6) is 0 Å². The summed E-state index contributed by atoms with van der Waals surface area (Å²) in [6, 6.07) is -1.20. The van der Waals surface area contributed by atoms with E-state index >= 15 is 0 Å². The van der Waals surface area contributed by atoms with Gasteiger partial charge in [-0.05, 0) is 0 Å². The van der Waals surface area contributed by atoms with Gasteiger partial charge in [0.05, 0.1) is 6.61 Å². The normalized spacial score (nSPS) is 34.7. The number of amides is 1. The minimum absolute atomic E-state index is 0.535. The first-order chi connectivity index (χ1) is 8.90. The molecule has 1 rings (SSSR count). The second kappa shape index (κ2) is 6.78. The number of nitrogens with one attached hydrogen (secondary N) is 1. The molecule has 1 unspecified atom stereocenters. The van der Waals surface area contributed by atoms with Crippen molar-refractivity contribution >= 4 is 11.9 Å². The Kier molecular flexibility index (Phi) is 5.63. The van der Waals surface area contributed by atoms with Gasteiger partial charge in [0.15, 0.2) is 0 Å². The van der Waals surface area contributed by atoms with Crippen molar-refractivity contribution in [3.8, 4) is 0 Å². The number of aliphatic hydroxyl groups excluding tert-OH is 4. The van der Waals surface area contributed by atoms with Crippen LogP contribution in [0.2, 0.25) is 0 Å². The highest BCUT2D eigenvalue weighted by atomic mass is 16.7. The summed E-state index contributed by atoms with van der Waals surface area (Å²) < 4.78 is 9.77. The van der Waals surface area contributed by atoms with Crippen molar-refractivity contribution in [2.75, 3.05) is 13.2 Å². The molecule has 5 N–H and O–H groups in total. The lowest BCUT2D eigenvalue weighted by Crippen LogP contribution is -2.64. The average Bonchev–Trinajstić information content (AvgIpc) is 2.37. The number of carbonyl (C=O) groups excluding carboxylic acids is 2. The van der Waals surface area contributed by atoms with E-state index in [1.54, 1.807) is 0 Å². The fraction of sp³-hybridized carbons (Fsp3) is 0.800. The summed E-state index contributed by atoms with van der Waals surface area (Å²) in [5, 5.41) is 39.3. The Bertz CT molecular complexity index is 335. The van der Waals surface area contributed by atoms with Crippen LogP contribution in [-0.2, 0) is 19.1 Å². The minimum atomic E-state index is -1.49. The summed E-state index contributed by atoms with van der Waals surface area (Å²) in [5.74, 6) is -1.56. The van der Waals surface area contributed by atoms with Gasteiger partial charge in [-0.2, -0.15) is 0 Å². The Hall–Kier alpha value is -1.26. The average molecular weight is 279 g/mol. The third-order valence-corrected chi connectivity index (χ3v) is 2.63. The van der Waals surface area contributed by atoms with Crippen molar-refractivity contribution in [3.63, 3.8) is 0 Å². The number of aliphatic hydroxyl groups is 4. The van der Waals surface area contributed by atoms with Gasteiger partial charge in [0.2, 0.25) is 12.2 Å². The van der Waals surface area contributed by atoms with Gasteiger partial charge in [-0.15, -0.1) is 0 Å². The Morgan fingerprint density at radius 3 is 2.37 bits per heavy atom. The lowest BCUT2D eigenvalue weighted by Gasteiger charge is -2.41. The fourth-order valence-corrected chi connectivity index (χ4v) is 1.74. The summed E-state index contributed by atoms with van der Waals surface area (Å²) in [7, 11) is 0. The Morgan fingerprint density at radius 1 is 1.26 bits per heavy atom. The summed E-state index contributed by atoms with van der Waals surface area (Å²) in [5.41, 5.74) is 0. The molecule has 1 heterocycles. The van der Waals surface area contributed by atoms with Crippen LogP contribution in [0.3, 0.4) is 0 Å². The molecule has 1 aliphatic heterocycles. The quantitative estimate of drug-likeness (QED) is 0.333. The molecule has 19 heavy (non-hydrogen) atoms. The molecule has 0 spiro atoms. The van der Waals surface area contributed by atoms with Gasteiger partial charge in [-0.3, -0.25) is 4.79 Å². The maximum absolute atomic E-state index is 11.0. The van der Waals surface area contributed by atoms with Crippen LogP contribution in [0, 0.1) is 0 Å². The zero-order valence-corrected chi connectivity index (χ0v) is 10.2. The molecule has 1 aliphatic rings. The number of ether oxygens (including phenoxy) is 2. The second-order valence-corrected chi connectivity index (χ2v) is 4.08. The molecule has 1 amide bonds. The van der Waals surface area contributed by atoms with Gasteiger partial charge < -0.3 is 35.2 Å². The van der Waals surface area contributed by atoms with Crippen LogP contribution in [0.4, 0.5) is 0 Å². The number of carbonyl (C=O) groups is 2. The van der Waals surface area contributed by atoms with Crippen molar-refractivity contribution in [3.05, 3.63) is 0 Å². The Morgan fingerprint density at radius 2 is 1.89 bits per heavy atom. The number of rotatable bonds is 4. The molecule has 0 aliphatic carbocycles. The Labute approximate surface area is 108 Å². The van der Waals surface area contributed by atoms with E-state index in [-0.39, 0.29) is 0 Å². The van der Waals surface area contributed by atoms with Crippen LogP contribution < -0.4 is 5.32 Å². The highest BCUT2D eigenvalue weighted by Gasteiger charge is 2.46. The molecule has 1 saturated heterocycles. The van der Waals surface area contributed by atoms with Crippen LogP contribution in [0.15, 0.2) is 0 Å². The van der Waals surface area contributed by atoms with Gasteiger partial charge in [0.25, 0.3) is 0 Å². The van der Waals surface area contributed by atoms with E-state index in [1.165, 1.54) is 6.92 Å². The van der Waals surface area contributed by atoms with E-state index < -0.39 is 55.7 Å². The standard InChI is InChI=1S/C10H17NO8/c1-4(14)11-7-9(17)8(16)5(2-12)18-10(7)19-6(15)3-13/h5,7-10,12-13,16-17H,2-3H2,1H3,(H,11,14)/t5-,7-,8-,9-,10?/m1/s1. The third-order valence-electron chi connectivity index (χ3n) is 2.63. The van der Waals surface area contributed by atoms with Crippen LogP contribution in [-0.4, -0.2) is 76.2 Å². The lowest BCUT2D eigenvalue weighted by atomic mass is 9.97. The van der Waals surface area contributed by atoms with Crippen molar-refractivity contribution in [1.82, 2.24) is 5.32 Å². The lowest BCUT2D eigenvalue weighted by molar-refractivity contribution is -0.264. The highest BCUT2D eigenvalue weighted by molar-refractivity contribution is 5.73. The van der Waals surface area contributed by atoms with Crippen LogP contribution >= 0.6 is 0 Å².